The minimum Gasteiger partial charge on any atom is -0.444 e. The number of amides is 6. The van der Waals surface area contributed by atoms with Gasteiger partial charge in [0.1, 0.15) is 11.6 Å². The SMILES string of the molecule is CCC(CCNC(=O)OC(C)(C)C)c1cccc2ncc(-c3cnn(C4CCN(C(=O)CCCCCNc5ccc6c(c5)C(=O)N(C5CCC(=O)NC5=O)C6=O)C4)c3)nc12. The van der Waals surface area contributed by atoms with Crippen molar-refractivity contribution < 1.29 is 33.5 Å². The Balaban J connectivity index is 0.860. The Morgan fingerprint density at radius 2 is 1.80 bits per heavy atom. The number of nitrogens with one attached hydrogen (secondary N) is 3. The van der Waals surface area contributed by atoms with Crippen LogP contribution < -0.4 is 16.0 Å². The van der Waals surface area contributed by atoms with E-state index in [0.29, 0.717) is 38.3 Å². The van der Waals surface area contributed by atoms with E-state index in [4.69, 9.17) is 14.7 Å². The molecule has 60 heavy (non-hydrogen) atoms. The smallest absolute Gasteiger partial charge is 0.407 e. The van der Waals surface area contributed by atoms with Gasteiger partial charge in [-0.3, -0.25) is 43.9 Å². The Labute approximate surface area is 348 Å². The predicted octanol–water partition coefficient (Wildman–Crippen LogP) is 5.75. The van der Waals surface area contributed by atoms with Gasteiger partial charge in [0.15, 0.2) is 0 Å². The molecule has 2 aromatic heterocycles. The van der Waals surface area contributed by atoms with E-state index in [0.717, 1.165) is 71.3 Å². The summed E-state index contributed by atoms with van der Waals surface area (Å²) in [5.74, 6) is -1.83. The molecule has 0 spiro atoms. The lowest BCUT2D eigenvalue weighted by atomic mass is 9.92. The van der Waals surface area contributed by atoms with Crippen LogP contribution in [0.15, 0.2) is 55.0 Å². The molecule has 0 radical (unpaired) electrons. The molecule has 0 aliphatic carbocycles. The first-order valence-electron chi connectivity index (χ1n) is 20.9. The van der Waals surface area contributed by atoms with Crippen molar-refractivity contribution in [3.05, 3.63) is 71.7 Å². The number of hydrogen-bond donors (Lipinski definition) is 3. The van der Waals surface area contributed by atoms with Gasteiger partial charge in [-0.15, -0.1) is 0 Å². The summed E-state index contributed by atoms with van der Waals surface area (Å²) in [5, 5.41) is 13.1. The fourth-order valence-corrected chi connectivity index (χ4v) is 8.17. The minimum absolute atomic E-state index is 0.0587. The van der Waals surface area contributed by atoms with Crippen LogP contribution >= 0.6 is 0 Å². The van der Waals surface area contributed by atoms with Gasteiger partial charge >= 0.3 is 6.09 Å². The van der Waals surface area contributed by atoms with E-state index in [1.54, 1.807) is 30.6 Å². The van der Waals surface area contributed by atoms with Crippen LogP contribution in [-0.4, -0.2) is 103 Å². The van der Waals surface area contributed by atoms with Crippen LogP contribution in [0.4, 0.5) is 10.5 Å². The average Bonchev–Trinajstić information content (AvgIpc) is 3.96. The summed E-state index contributed by atoms with van der Waals surface area (Å²) < 4.78 is 7.32. The first kappa shape index (κ1) is 42.0. The van der Waals surface area contributed by atoms with Gasteiger partial charge in [-0.2, -0.15) is 5.10 Å². The highest BCUT2D eigenvalue weighted by atomic mass is 16.6. The van der Waals surface area contributed by atoms with E-state index in [9.17, 15) is 28.8 Å². The third-order valence-corrected chi connectivity index (χ3v) is 11.3. The molecule has 3 unspecified atom stereocenters. The number of piperidine rings is 1. The number of imide groups is 2. The lowest BCUT2D eigenvalue weighted by molar-refractivity contribution is -0.136. The first-order chi connectivity index (χ1) is 28.8. The quantitative estimate of drug-likeness (QED) is 0.0976. The van der Waals surface area contributed by atoms with E-state index >= 15 is 0 Å². The average molecular weight is 820 g/mol. The fraction of sp³-hybridized carbons (Fsp3) is 0.477. The first-order valence-corrected chi connectivity index (χ1v) is 20.9. The summed E-state index contributed by atoms with van der Waals surface area (Å²) in [7, 11) is 0. The molecule has 5 heterocycles. The molecule has 316 valence electrons. The number of ether oxygens (including phenoxy) is 1. The Morgan fingerprint density at radius 1 is 0.983 bits per heavy atom. The van der Waals surface area contributed by atoms with Gasteiger partial charge in [0.2, 0.25) is 17.7 Å². The lowest BCUT2D eigenvalue weighted by Gasteiger charge is -2.27. The number of fused-ring (bicyclic) bond motifs is 2. The molecule has 4 aromatic rings. The molecular formula is C44H53N9O7. The fourth-order valence-electron chi connectivity index (χ4n) is 8.17. The van der Waals surface area contributed by atoms with Crippen molar-refractivity contribution in [3.8, 4) is 11.3 Å². The molecule has 16 heteroatoms. The van der Waals surface area contributed by atoms with E-state index in [-0.39, 0.29) is 41.8 Å². The number of benzene rings is 2. The zero-order valence-electron chi connectivity index (χ0n) is 34.7. The number of aromatic nitrogens is 4. The molecule has 0 saturated carbocycles. The third kappa shape index (κ3) is 9.48. The van der Waals surface area contributed by atoms with Crippen LogP contribution in [0, 0.1) is 0 Å². The van der Waals surface area contributed by atoms with Gasteiger partial charge in [-0.25, -0.2) is 9.78 Å². The Hall–Kier alpha value is -6.19. The number of unbranched alkanes of at least 4 members (excludes halogenated alkanes) is 2. The Kier molecular flexibility index (Phi) is 12.6. The lowest BCUT2D eigenvalue weighted by Crippen LogP contribution is -2.54. The van der Waals surface area contributed by atoms with Crippen molar-refractivity contribution in [2.75, 3.05) is 31.5 Å². The molecule has 2 saturated heterocycles. The molecule has 16 nitrogen and oxygen atoms in total. The molecule has 2 fully saturated rings. The number of carbonyl (C=O) groups excluding carboxylic acids is 6. The molecule has 3 aliphatic rings. The maximum absolute atomic E-state index is 13.2. The largest absolute Gasteiger partial charge is 0.444 e. The van der Waals surface area contributed by atoms with Gasteiger partial charge < -0.3 is 20.3 Å². The molecular weight excluding hydrogens is 767 g/mol. The highest BCUT2D eigenvalue weighted by Gasteiger charge is 2.44. The van der Waals surface area contributed by atoms with Crippen LogP contribution in [0.3, 0.4) is 0 Å². The van der Waals surface area contributed by atoms with Crippen LogP contribution in [0.1, 0.15) is 124 Å². The molecule has 7 rings (SSSR count). The number of para-hydroxylation sites is 1. The Bertz CT molecular complexity index is 2300. The maximum atomic E-state index is 13.2. The summed E-state index contributed by atoms with van der Waals surface area (Å²) in [6.45, 7) is 10.0. The zero-order chi connectivity index (χ0) is 42.6. The van der Waals surface area contributed by atoms with E-state index in [1.165, 1.54) is 0 Å². The standard InChI is InChI=1S/C44H53N9O7/c1-5-27(17-20-46-43(59)60-44(2,3)4)31-10-9-11-34-39(31)49-35(24-47-34)28-23-48-52(25-28)30-18-21-51(26-30)38(55)12-7-6-8-19-45-29-13-14-32-33(22-29)42(58)53(41(32)57)36-15-16-37(54)50-40(36)56/h9-11,13-14,22-25,27,30,36,45H,5-8,12,15-21,26H2,1-4H3,(H,46,59)(H,50,54,56). The molecule has 2 aromatic carbocycles. The number of nitrogens with zero attached hydrogens (tertiary/aromatic N) is 6. The third-order valence-electron chi connectivity index (χ3n) is 11.3. The normalized spacial score (nSPS) is 18.5. The van der Waals surface area contributed by atoms with Crippen molar-refractivity contribution >= 4 is 52.3 Å². The number of anilines is 1. The summed E-state index contributed by atoms with van der Waals surface area (Å²) in [6, 6.07) is 10.0. The van der Waals surface area contributed by atoms with Gasteiger partial charge in [0, 0.05) is 56.5 Å². The van der Waals surface area contributed by atoms with Crippen molar-refractivity contribution in [1.29, 1.82) is 0 Å². The van der Waals surface area contributed by atoms with Gasteiger partial charge in [0.05, 0.1) is 46.3 Å². The van der Waals surface area contributed by atoms with Crippen molar-refractivity contribution in [2.45, 2.75) is 109 Å². The zero-order valence-corrected chi connectivity index (χ0v) is 34.7. The van der Waals surface area contributed by atoms with Gasteiger partial charge in [0.25, 0.3) is 11.8 Å². The second-order valence-corrected chi connectivity index (χ2v) is 16.7. The summed E-state index contributed by atoms with van der Waals surface area (Å²) in [4.78, 5) is 88.0. The van der Waals surface area contributed by atoms with Crippen LogP contribution in [-0.2, 0) is 19.1 Å². The van der Waals surface area contributed by atoms with Crippen LogP contribution in [0.25, 0.3) is 22.3 Å². The summed E-state index contributed by atoms with van der Waals surface area (Å²) in [5.41, 5.74) is 4.90. The topological polar surface area (TPSA) is 198 Å². The minimum atomic E-state index is -1.00. The van der Waals surface area contributed by atoms with Crippen molar-refractivity contribution in [1.82, 2.24) is 40.2 Å². The highest BCUT2D eigenvalue weighted by Crippen LogP contribution is 2.32. The van der Waals surface area contributed by atoms with Crippen molar-refractivity contribution in [2.24, 2.45) is 0 Å². The molecule has 6 amide bonds. The predicted molar refractivity (Wildman–Crippen MR) is 223 cm³/mol. The van der Waals surface area contributed by atoms with Crippen LogP contribution in [0.5, 0.6) is 0 Å². The molecule has 3 atom stereocenters. The maximum Gasteiger partial charge on any atom is 0.407 e. The van der Waals surface area contributed by atoms with E-state index in [1.807, 2.05) is 48.7 Å². The number of hydrogen-bond acceptors (Lipinski definition) is 11. The van der Waals surface area contributed by atoms with E-state index in [2.05, 4.69) is 34.0 Å². The molecule has 3 aliphatic heterocycles. The highest BCUT2D eigenvalue weighted by molar-refractivity contribution is 6.23. The number of rotatable bonds is 15. The molecule has 0 bridgehead atoms. The Morgan fingerprint density at radius 3 is 2.58 bits per heavy atom. The van der Waals surface area contributed by atoms with Crippen molar-refractivity contribution in [3.63, 3.8) is 0 Å². The second-order valence-electron chi connectivity index (χ2n) is 16.7. The number of likely N-dealkylation sites (tertiary alicyclic amines) is 1. The summed E-state index contributed by atoms with van der Waals surface area (Å²) >= 11 is 0. The molecule has 3 N–H and O–H groups in total. The van der Waals surface area contributed by atoms with Gasteiger partial charge in [-0.1, -0.05) is 25.5 Å². The monoisotopic (exact) mass is 819 g/mol. The number of alkyl carbamates (subject to hydrolysis) is 1. The van der Waals surface area contributed by atoms with E-state index < -0.39 is 41.4 Å². The summed E-state index contributed by atoms with van der Waals surface area (Å²) in [6.07, 6.45) is 10.5. The number of carbonyl (C=O) groups is 6. The van der Waals surface area contributed by atoms with Gasteiger partial charge in [-0.05, 0) is 95.0 Å². The second kappa shape index (κ2) is 18.0. The van der Waals surface area contributed by atoms with Crippen LogP contribution in [0.2, 0.25) is 0 Å².